The van der Waals surface area contributed by atoms with E-state index < -0.39 is 0 Å². The van der Waals surface area contributed by atoms with Crippen molar-refractivity contribution >= 4 is 15.9 Å². The first kappa shape index (κ1) is 17.6. The molecule has 6 nitrogen and oxygen atoms in total. The molecule has 4 aromatic rings. The van der Waals surface area contributed by atoms with Gasteiger partial charge in [0.1, 0.15) is 11.5 Å². The number of aromatic nitrogens is 4. The van der Waals surface area contributed by atoms with E-state index in [0.717, 1.165) is 33.1 Å². The van der Waals surface area contributed by atoms with Crippen LogP contribution in [0.4, 0.5) is 0 Å². The Labute approximate surface area is 165 Å². The topological polar surface area (TPSA) is 60.0 Å². The van der Waals surface area contributed by atoms with Gasteiger partial charge in [0.25, 0.3) is 0 Å². The van der Waals surface area contributed by atoms with Crippen LogP contribution in [-0.4, -0.2) is 32.2 Å². The highest BCUT2D eigenvalue weighted by atomic mass is 79.9. The van der Waals surface area contributed by atoms with Crippen LogP contribution >= 0.6 is 15.9 Å². The Bertz CT molecular complexity index is 1010. The van der Waals surface area contributed by atoms with Gasteiger partial charge in [-0.25, -0.2) is 0 Å². The number of para-hydroxylation sites is 1. The maximum atomic E-state index is 6.00. The molecule has 0 fully saturated rings. The Kier molecular flexibility index (Phi) is 5.13. The largest absolute Gasteiger partial charge is 0.460 e. The van der Waals surface area contributed by atoms with Crippen molar-refractivity contribution in [1.29, 1.82) is 0 Å². The van der Waals surface area contributed by atoms with Crippen LogP contribution < -0.4 is 0 Å². The van der Waals surface area contributed by atoms with E-state index in [1.54, 1.807) is 4.68 Å². The molecule has 2 aromatic heterocycles. The standard InChI is InChI=1S/C20H18BrN5O/c1-25(14-20-22-23-24-26(20)17-5-3-2-4-6-17)13-18-11-12-19(27-18)15-7-9-16(21)10-8-15/h2-12H,13-14H2,1H3. The molecular formula is C20H18BrN5O. The normalized spacial score (nSPS) is 11.2. The second-order valence-electron chi connectivity index (χ2n) is 6.29. The molecule has 4 rings (SSSR count). The first-order valence-corrected chi connectivity index (χ1v) is 9.34. The van der Waals surface area contributed by atoms with Crippen LogP contribution in [-0.2, 0) is 13.1 Å². The highest BCUT2D eigenvalue weighted by Gasteiger charge is 2.13. The average molecular weight is 424 g/mol. The first-order valence-electron chi connectivity index (χ1n) is 8.55. The van der Waals surface area contributed by atoms with Crippen LogP contribution in [0.2, 0.25) is 0 Å². The van der Waals surface area contributed by atoms with Crippen molar-refractivity contribution in [1.82, 2.24) is 25.1 Å². The fraction of sp³-hybridized carbons (Fsp3) is 0.150. The van der Waals surface area contributed by atoms with Crippen molar-refractivity contribution in [3.8, 4) is 17.0 Å². The molecule has 136 valence electrons. The minimum atomic E-state index is 0.607. The Morgan fingerprint density at radius 2 is 1.74 bits per heavy atom. The summed E-state index contributed by atoms with van der Waals surface area (Å²) >= 11 is 3.45. The molecule has 0 saturated heterocycles. The third kappa shape index (κ3) is 4.15. The van der Waals surface area contributed by atoms with Gasteiger partial charge in [-0.15, -0.1) is 5.10 Å². The number of tetrazole rings is 1. The average Bonchev–Trinajstić information content (AvgIpc) is 3.33. The number of hydrogen-bond acceptors (Lipinski definition) is 5. The maximum absolute atomic E-state index is 6.00. The molecule has 0 N–H and O–H groups in total. The van der Waals surface area contributed by atoms with Crippen LogP contribution in [0.3, 0.4) is 0 Å². The highest BCUT2D eigenvalue weighted by molar-refractivity contribution is 9.10. The van der Waals surface area contributed by atoms with E-state index in [1.165, 1.54) is 0 Å². The van der Waals surface area contributed by atoms with E-state index in [4.69, 9.17) is 4.42 Å². The quantitative estimate of drug-likeness (QED) is 0.462. The second kappa shape index (κ2) is 7.85. The summed E-state index contributed by atoms with van der Waals surface area (Å²) in [5, 5.41) is 12.1. The van der Waals surface area contributed by atoms with E-state index in [0.29, 0.717) is 13.1 Å². The Hall–Kier alpha value is -2.77. The van der Waals surface area contributed by atoms with Crippen molar-refractivity contribution in [2.45, 2.75) is 13.1 Å². The van der Waals surface area contributed by atoms with E-state index in [-0.39, 0.29) is 0 Å². The van der Waals surface area contributed by atoms with E-state index in [9.17, 15) is 0 Å². The van der Waals surface area contributed by atoms with Crippen LogP contribution in [0.5, 0.6) is 0 Å². The zero-order valence-corrected chi connectivity index (χ0v) is 16.4. The molecule has 0 saturated carbocycles. The molecule has 0 bridgehead atoms. The fourth-order valence-electron chi connectivity index (χ4n) is 2.87. The van der Waals surface area contributed by atoms with Gasteiger partial charge in [0.2, 0.25) is 0 Å². The molecule has 2 heterocycles. The molecule has 0 aliphatic rings. The van der Waals surface area contributed by atoms with Gasteiger partial charge in [0, 0.05) is 10.0 Å². The number of nitrogens with zero attached hydrogens (tertiary/aromatic N) is 5. The summed E-state index contributed by atoms with van der Waals surface area (Å²) in [6, 6.07) is 22.0. The molecule has 0 aliphatic carbocycles. The van der Waals surface area contributed by atoms with E-state index in [1.807, 2.05) is 73.8 Å². The van der Waals surface area contributed by atoms with E-state index >= 15 is 0 Å². The van der Waals surface area contributed by atoms with Crippen LogP contribution in [0.15, 0.2) is 75.6 Å². The van der Waals surface area contributed by atoms with E-state index in [2.05, 4.69) is 36.4 Å². The SMILES string of the molecule is CN(Cc1ccc(-c2ccc(Br)cc2)o1)Cc1nnnn1-c1ccccc1. The molecule has 0 atom stereocenters. The summed E-state index contributed by atoms with van der Waals surface area (Å²) in [5.74, 6) is 2.54. The van der Waals surface area contributed by atoms with Crippen molar-refractivity contribution in [3.63, 3.8) is 0 Å². The van der Waals surface area contributed by atoms with Crippen molar-refractivity contribution in [3.05, 3.63) is 82.8 Å². The van der Waals surface area contributed by atoms with Gasteiger partial charge in [0.15, 0.2) is 5.82 Å². The molecule has 0 amide bonds. The zero-order valence-electron chi connectivity index (χ0n) is 14.8. The Balaban J connectivity index is 1.44. The summed E-state index contributed by atoms with van der Waals surface area (Å²) in [7, 11) is 2.02. The van der Waals surface area contributed by atoms with Gasteiger partial charge in [0.05, 0.1) is 18.8 Å². The Morgan fingerprint density at radius 3 is 2.52 bits per heavy atom. The number of furan rings is 1. The van der Waals surface area contributed by atoms with Crippen LogP contribution in [0.1, 0.15) is 11.6 Å². The van der Waals surface area contributed by atoms with Crippen molar-refractivity contribution in [2.24, 2.45) is 0 Å². The number of hydrogen-bond donors (Lipinski definition) is 0. The summed E-state index contributed by atoms with van der Waals surface area (Å²) in [4.78, 5) is 2.12. The van der Waals surface area contributed by atoms with Gasteiger partial charge in [-0.3, -0.25) is 4.90 Å². The molecule has 0 unspecified atom stereocenters. The predicted molar refractivity (Wildman–Crippen MR) is 106 cm³/mol. The summed E-state index contributed by atoms with van der Waals surface area (Å²) < 4.78 is 8.80. The first-order chi connectivity index (χ1) is 13.2. The molecule has 0 spiro atoms. The second-order valence-corrected chi connectivity index (χ2v) is 7.20. The van der Waals surface area contributed by atoms with Gasteiger partial charge >= 0.3 is 0 Å². The third-order valence-electron chi connectivity index (χ3n) is 4.16. The molecule has 7 heteroatoms. The molecule has 0 aliphatic heterocycles. The maximum Gasteiger partial charge on any atom is 0.170 e. The molecule has 0 radical (unpaired) electrons. The zero-order chi connectivity index (χ0) is 18.6. The van der Waals surface area contributed by atoms with Crippen molar-refractivity contribution < 1.29 is 4.42 Å². The molecule has 27 heavy (non-hydrogen) atoms. The number of rotatable bonds is 6. The third-order valence-corrected chi connectivity index (χ3v) is 4.69. The smallest absolute Gasteiger partial charge is 0.170 e. The number of benzene rings is 2. The fourth-order valence-corrected chi connectivity index (χ4v) is 3.13. The minimum absolute atomic E-state index is 0.607. The van der Waals surface area contributed by atoms with Gasteiger partial charge in [-0.05, 0) is 53.9 Å². The summed E-state index contributed by atoms with van der Waals surface area (Å²) in [6.45, 7) is 1.27. The lowest BCUT2D eigenvalue weighted by molar-refractivity contribution is 0.280. The lowest BCUT2D eigenvalue weighted by Crippen LogP contribution is -2.20. The van der Waals surface area contributed by atoms with Crippen LogP contribution in [0, 0.1) is 0 Å². The highest BCUT2D eigenvalue weighted by Crippen LogP contribution is 2.24. The monoisotopic (exact) mass is 423 g/mol. The lowest BCUT2D eigenvalue weighted by atomic mass is 10.2. The molecule has 2 aromatic carbocycles. The van der Waals surface area contributed by atoms with Gasteiger partial charge in [-0.1, -0.05) is 46.3 Å². The number of halogens is 1. The summed E-state index contributed by atoms with van der Waals surface area (Å²) in [5.41, 5.74) is 2.00. The lowest BCUT2D eigenvalue weighted by Gasteiger charge is -2.14. The predicted octanol–water partition coefficient (Wildman–Crippen LogP) is 4.32. The van der Waals surface area contributed by atoms with Crippen molar-refractivity contribution in [2.75, 3.05) is 7.05 Å². The minimum Gasteiger partial charge on any atom is -0.460 e. The van der Waals surface area contributed by atoms with Gasteiger partial charge < -0.3 is 4.42 Å². The van der Waals surface area contributed by atoms with Gasteiger partial charge in [-0.2, -0.15) is 4.68 Å². The van der Waals surface area contributed by atoms with Crippen LogP contribution in [0.25, 0.3) is 17.0 Å². The molecular weight excluding hydrogens is 406 g/mol. The Morgan fingerprint density at radius 1 is 0.963 bits per heavy atom. The summed E-state index contributed by atoms with van der Waals surface area (Å²) in [6.07, 6.45) is 0.